The van der Waals surface area contributed by atoms with Gasteiger partial charge in [0.05, 0.1) is 17.8 Å². The molecular formula is C21H22N2O3S. The molecule has 0 atom stereocenters. The van der Waals surface area contributed by atoms with Crippen LogP contribution in [0.25, 0.3) is 11.3 Å². The lowest BCUT2D eigenvalue weighted by molar-refractivity contribution is 0.0923. The van der Waals surface area contributed by atoms with Gasteiger partial charge in [0.2, 0.25) is 0 Å². The van der Waals surface area contributed by atoms with E-state index in [1.807, 2.05) is 38.1 Å². The van der Waals surface area contributed by atoms with Gasteiger partial charge in [-0.25, -0.2) is 4.98 Å². The van der Waals surface area contributed by atoms with Crippen molar-refractivity contribution in [2.45, 2.75) is 33.1 Å². The van der Waals surface area contributed by atoms with Crippen molar-refractivity contribution in [1.82, 2.24) is 10.3 Å². The van der Waals surface area contributed by atoms with Crippen LogP contribution in [0.3, 0.4) is 0 Å². The smallest absolute Gasteiger partial charge is 0.287 e. The molecule has 3 aromatic rings. The lowest BCUT2D eigenvalue weighted by atomic mass is 9.97. The summed E-state index contributed by atoms with van der Waals surface area (Å²) in [6.07, 6.45) is 2.44. The van der Waals surface area contributed by atoms with E-state index in [2.05, 4.69) is 10.3 Å². The van der Waals surface area contributed by atoms with Crippen LogP contribution in [0, 0.1) is 13.8 Å². The molecule has 1 aromatic carbocycles. The second kappa shape index (κ2) is 7.19. The van der Waals surface area contributed by atoms with E-state index in [0.29, 0.717) is 18.7 Å². The minimum Gasteiger partial charge on any atom is -0.496 e. The third-order valence-electron chi connectivity index (χ3n) is 4.92. The number of thiazole rings is 1. The number of para-hydroxylation sites is 1. The molecule has 27 heavy (non-hydrogen) atoms. The zero-order valence-corrected chi connectivity index (χ0v) is 16.5. The molecule has 0 saturated heterocycles. The van der Waals surface area contributed by atoms with Crippen LogP contribution in [0.5, 0.6) is 5.75 Å². The minimum absolute atomic E-state index is 0.176. The van der Waals surface area contributed by atoms with Crippen molar-refractivity contribution in [3.05, 3.63) is 56.8 Å². The van der Waals surface area contributed by atoms with E-state index < -0.39 is 0 Å². The molecule has 5 nitrogen and oxygen atoms in total. The number of carbonyl (C=O) groups is 1. The average molecular weight is 382 g/mol. The number of nitrogens with one attached hydrogen (secondary N) is 1. The third-order valence-corrected chi connectivity index (χ3v) is 5.95. The van der Waals surface area contributed by atoms with Gasteiger partial charge in [-0.05, 0) is 38.3 Å². The summed E-state index contributed by atoms with van der Waals surface area (Å²) in [6, 6.07) is 7.84. The molecule has 0 spiro atoms. The van der Waals surface area contributed by atoms with E-state index >= 15 is 0 Å². The number of nitrogens with zero attached hydrogens (tertiary/aromatic N) is 1. The van der Waals surface area contributed by atoms with Gasteiger partial charge in [0.15, 0.2) is 5.76 Å². The van der Waals surface area contributed by atoms with Crippen LogP contribution in [-0.2, 0) is 19.3 Å². The summed E-state index contributed by atoms with van der Waals surface area (Å²) in [5.41, 5.74) is 3.95. The highest BCUT2D eigenvalue weighted by Crippen LogP contribution is 2.40. The Morgan fingerprint density at radius 3 is 2.93 bits per heavy atom. The molecule has 6 heteroatoms. The first-order valence-corrected chi connectivity index (χ1v) is 9.89. The number of ether oxygens (including phenoxy) is 1. The average Bonchev–Trinajstić information content (AvgIpc) is 3.21. The molecule has 1 amide bonds. The number of benzene rings is 1. The zero-order chi connectivity index (χ0) is 19.0. The van der Waals surface area contributed by atoms with E-state index in [1.54, 1.807) is 18.4 Å². The maximum atomic E-state index is 12.7. The predicted octanol–water partition coefficient (Wildman–Crippen LogP) is 4.10. The highest BCUT2D eigenvalue weighted by atomic mass is 32.1. The Bertz CT molecular complexity index is 1000. The van der Waals surface area contributed by atoms with E-state index in [1.165, 1.54) is 4.88 Å². The lowest BCUT2D eigenvalue weighted by Gasteiger charge is -2.09. The number of aryl methyl sites for hydroxylation is 3. The Labute approximate surface area is 162 Å². The Morgan fingerprint density at radius 1 is 1.30 bits per heavy atom. The molecule has 1 N–H and O–H groups in total. The number of furan rings is 1. The Balaban J connectivity index is 1.50. The monoisotopic (exact) mass is 382 g/mol. The summed E-state index contributed by atoms with van der Waals surface area (Å²) in [6.45, 7) is 4.48. The molecule has 0 fully saturated rings. The van der Waals surface area contributed by atoms with Crippen molar-refractivity contribution in [1.29, 1.82) is 0 Å². The quantitative estimate of drug-likeness (QED) is 0.722. The second-order valence-corrected chi connectivity index (χ2v) is 7.96. The normalized spacial score (nSPS) is 12.4. The van der Waals surface area contributed by atoms with Gasteiger partial charge in [-0.3, -0.25) is 4.79 Å². The molecule has 0 unspecified atom stereocenters. The van der Waals surface area contributed by atoms with Gasteiger partial charge in [-0.1, -0.05) is 18.2 Å². The van der Waals surface area contributed by atoms with Crippen molar-refractivity contribution in [3.8, 4) is 17.0 Å². The number of fused-ring (bicyclic) bond motifs is 3. The fraction of sp³-hybridized carbons (Fsp3) is 0.333. The molecule has 0 bridgehead atoms. The van der Waals surface area contributed by atoms with Gasteiger partial charge >= 0.3 is 0 Å². The molecule has 140 valence electrons. The van der Waals surface area contributed by atoms with Crippen molar-refractivity contribution >= 4 is 17.2 Å². The molecule has 1 aliphatic carbocycles. The summed E-state index contributed by atoms with van der Waals surface area (Å²) < 4.78 is 11.3. The first-order valence-electron chi connectivity index (χ1n) is 9.07. The van der Waals surface area contributed by atoms with Crippen molar-refractivity contribution in [2.24, 2.45) is 0 Å². The SMILES string of the molecule is COc1ccccc1CCNC(=O)c1oc2c(c1C)-c1nc(C)sc1CC2. The largest absolute Gasteiger partial charge is 0.496 e. The zero-order valence-electron chi connectivity index (χ0n) is 15.7. The molecule has 0 radical (unpaired) electrons. The first kappa shape index (κ1) is 17.8. The second-order valence-electron chi connectivity index (χ2n) is 6.68. The first-order chi connectivity index (χ1) is 13.1. The van der Waals surface area contributed by atoms with Crippen LogP contribution >= 0.6 is 11.3 Å². The summed E-state index contributed by atoms with van der Waals surface area (Å²) >= 11 is 1.73. The third kappa shape index (κ3) is 3.25. The summed E-state index contributed by atoms with van der Waals surface area (Å²) in [4.78, 5) is 18.6. The number of hydrogen-bond acceptors (Lipinski definition) is 5. The van der Waals surface area contributed by atoms with Gasteiger partial charge in [-0.2, -0.15) is 0 Å². The molecule has 0 aliphatic heterocycles. The van der Waals surface area contributed by atoms with Gasteiger partial charge in [0.25, 0.3) is 5.91 Å². The van der Waals surface area contributed by atoms with Crippen LogP contribution in [0.1, 0.15) is 37.3 Å². The highest BCUT2D eigenvalue weighted by molar-refractivity contribution is 7.12. The summed E-state index contributed by atoms with van der Waals surface area (Å²) in [5, 5.41) is 4.02. The Morgan fingerprint density at radius 2 is 2.11 bits per heavy atom. The van der Waals surface area contributed by atoms with Crippen LogP contribution in [0.2, 0.25) is 0 Å². The number of rotatable bonds is 5. The number of methoxy groups -OCH3 is 1. The van der Waals surface area contributed by atoms with Crippen LogP contribution in [0.4, 0.5) is 0 Å². The Kier molecular flexibility index (Phi) is 4.74. The van der Waals surface area contributed by atoms with Crippen LogP contribution in [-0.4, -0.2) is 24.5 Å². The van der Waals surface area contributed by atoms with E-state index in [0.717, 1.165) is 51.7 Å². The fourth-order valence-electron chi connectivity index (χ4n) is 3.64. The van der Waals surface area contributed by atoms with E-state index in [4.69, 9.17) is 9.15 Å². The topological polar surface area (TPSA) is 64.4 Å². The predicted molar refractivity (Wildman–Crippen MR) is 106 cm³/mol. The molecule has 2 aromatic heterocycles. The van der Waals surface area contributed by atoms with Crippen LogP contribution in [0.15, 0.2) is 28.7 Å². The van der Waals surface area contributed by atoms with Crippen LogP contribution < -0.4 is 10.1 Å². The van der Waals surface area contributed by atoms with Gasteiger partial charge in [0.1, 0.15) is 11.5 Å². The Hall–Kier alpha value is -2.60. The van der Waals surface area contributed by atoms with Crippen molar-refractivity contribution in [3.63, 3.8) is 0 Å². The maximum Gasteiger partial charge on any atom is 0.287 e. The fourth-order valence-corrected chi connectivity index (χ4v) is 4.58. The van der Waals surface area contributed by atoms with Gasteiger partial charge in [0, 0.05) is 29.0 Å². The van der Waals surface area contributed by atoms with Crippen molar-refractivity contribution < 1.29 is 13.9 Å². The minimum atomic E-state index is -0.176. The molecule has 2 heterocycles. The molecule has 1 aliphatic rings. The summed E-state index contributed by atoms with van der Waals surface area (Å²) in [7, 11) is 1.66. The number of carbonyl (C=O) groups excluding carboxylic acids is 1. The summed E-state index contributed by atoms with van der Waals surface area (Å²) in [5.74, 6) is 1.94. The molecule has 4 rings (SSSR count). The standard InChI is InChI=1S/C21H22N2O3S/c1-12-18-16(8-9-17-19(18)23-13(2)27-17)26-20(12)21(24)22-11-10-14-6-4-5-7-15(14)25-3/h4-7H,8-11H2,1-3H3,(H,22,24). The van der Waals surface area contributed by atoms with Crippen molar-refractivity contribution in [2.75, 3.05) is 13.7 Å². The van der Waals surface area contributed by atoms with Gasteiger partial charge in [-0.15, -0.1) is 11.3 Å². The van der Waals surface area contributed by atoms with E-state index in [-0.39, 0.29) is 5.91 Å². The molecular weight excluding hydrogens is 360 g/mol. The number of amides is 1. The number of aromatic nitrogens is 1. The molecule has 0 saturated carbocycles. The number of hydrogen-bond donors (Lipinski definition) is 1. The highest BCUT2D eigenvalue weighted by Gasteiger charge is 2.29. The van der Waals surface area contributed by atoms with Gasteiger partial charge < -0.3 is 14.5 Å². The van der Waals surface area contributed by atoms with E-state index in [9.17, 15) is 4.79 Å². The maximum absolute atomic E-state index is 12.7. The lowest BCUT2D eigenvalue weighted by Crippen LogP contribution is -2.26.